The van der Waals surface area contributed by atoms with Crippen LogP contribution in [0.5, 0.6) is 0 Å². The van der Waals surface area contributed by atoms with Crippen LogP contribution in [0.25, 0.3) is 0 Å². The third kappa shape index (κ3) is 2.75. The fourth-order valence-electron chi connectivity index (χ4n) is 4.59. The van der Waals surface area contributed by atoms with E-state index in [4.69, 9.17) is 5.73 Å². The second-order valence-electron chi connectivity index (χ2n) is 7.97. The van der Waals surface area contributed by atoms with E-state index < -0.39 is 0 Å². The summed E-state index contributed by atoms with van der Waals surface area (Å²) in [5.41, 5.74) is 6.92. The molecule has 2 saturated carbocycles. The molecule has 2 aliphatic carbocycles. The smallest absolute Gasteiger partial charge is 0.0339 e. The second-order valence-corrected chi connectivity index (χ2v) is 7.97. The third-order valence-corrected chi connectivity index (χ3v) is 5.48. The Balaban J connectivity index is 2.17. The highest BCUT2D eigenvalue weighted by atomic mass is 15.2. The van der Waals surface area contributed by atoms with E-state index in [1.165, 1.54) is 32.1 Å². The number of likely N-dealkylation sites (N-methyl/N-ethyl adjacent to an activating group) is 1. The molecule has 0 aliphatic heterocycles. The lowest BCUT2D eigenvalue weighted by Gasteiger charge is -2.53. The molecule has 3 unspecified atom stereocenters. The standard InChI is InChI=1S/C16H32N2/c1-12-8-15(3,4)10-16(9-12,11-17)18(5)13(2)14-6-7-14/h12-14H,6-11,17H2,1-5H3. The molecular formula is C16H32N2. The average molecular weight is 252 g/mol. The molecule has 2 heteroatoms. The lowest BCUT2D eigenvalue weighted by Crippen LogP contribution is -2.60. The van der Waals surface area contributed by atoms with Crippen LogP contribution in [0.2, 0.25) is 0 Å². The molecule has 0 amide bonds. The van der Waals surface area contributed by atoms with Crippen molar-refractivity contribution < 1.29 is 0 Å². The van der Waals surface area contributed by atoms with E-state index in [0.29, 0.717) is 11.5 Å². The third-order valence-electron chi connectivity index (χ3n) is 5.48. The van der Waals surface area contributed by atoms with E-state index in [1.54, 1.807) is 0 Å². The molecule has 0 bridgehead atoms. The predicted molar refractivity (Wildman–Crippen MR) is 78.5 cm³/mol. The Bertz CT molecular complexity index is 295. The quantitative estimate of drug-likeness (QED) is 0.832. The maximum absolute atomic E-state index is 6.24. The first-order valence-electron chi connectivity index (χ1n) is 7.73. The van der Waals surface area contributed by atoms with Crippen molar-refractivity contribution in [2.24, 2.45) is 23.0 Å². The Morgan fingerprint density at radius 2 is 1.89 bits per heavy atom. The molecule has 0 aromatic rings. The molecule has 2 rings (SSSR count). The zero-order chi connectivity index (χ0) is 13.6. The molecular weight excluding hydrogens is 220 g/mol. The van der Waals surface area contributed by atoms with Gasteiger partial charge in [-0.05, 0) is 63.3 Å². The topological polar surface area (TPSA) is 29.3 Å². The summed E-state index contributed by atoms with van der Waals surface area (Å²) in [5, 5.41) is 0. The van der Waals surface area contributed by atoms with Crippen molar-refractivity contribution in [3.63, 3.8) is 0 Å². The van der Waals surface area contributed by atoms with Crippen molar-refractivity contribution >= 4 is 0 Å². The molecule has 18 heavy (non-hydrogen) atoms. The van der Waals surface area contributed by atoms with Crippen molar-refractivity contribution in [3.05, 3.63) is 0 Å². The van der Waals surface area contributed by atoms with Gasteiger partial charge < -0.3 is 5.73 Å². The molecule has 2 N–H and O–H groups in total. The summed E-state index contributed by atoms with van der Waals surface area (Å²) < 4.78 is 0. The van der Waals surface area contributed by atoms with Crippen LogP contribution in [0.15, 0.2) is 0 Å². The van der Waals surface area contributed by atoms with Crippen LogP contribution in [-0.2, 0) is 0 Å². The fourth-order valence-corrected chi connectivity index (χ4v) is 4.59. The van der Waals surface area contributed by atoms with E-state index >= 15 is 0 Å². The van der Waals surface area contributed by atoms with E-state index in [1.807, 2.05) is 0 Å². The van der Waals surface area contributed by atoms with Gasteiger partial charge >= 0.3 is 0 Å². The number of hydrogen-bond acceptors (Lipinski definition) is 2. The van der Waals surface area contributed by atoms with Gasteiger partial charge in [0, 0.05) is 18.1 Å². The maximum Gasteiger partial charge on any atom is 0.0339 e. The number of hydrogen-bond donors (Lipinski definition) is 1. The molecule has 106 valence electrons. The van der Waals surface area contributed by atoms with Crippen molar-refractivity contribution in [2.45, 2.75) is 71.4 Å². The van der Waals surface area contributed by atoms with Crippen molar-refractivity contribution in [2.75, 3.05) is 13.6 Å². The lowest BCUT2D eigenvalue weighted by atomic mass is 9.63. The first-order valence-corrected chi connectivity index (χ1v) is 7.73. The van der Waals surface area contributed by atoms with Gasteiger partial charge in [0.2, 0.25) is 0 Å². The van der Waals surface area contributed by atoms with Crippen LogP contribution in [0.4, 0.5) is 0 Å². The summed E-state index contributed by atoms with van der Waals surface area (Å²) in [6, 6.07) is 0.703. The Hall–Kier alpha value is -0.0800. The number of nitrogens with two attached hydrogens (primary N) is 1. The zero-order valence-electron chi connectivity index (χ0n) is 13.0. The Labute approximate surface area is 113 Å². The van der Waals surface area contributed by atoms with Crippen LogP contribution in [0, 0.1) is 17.3 Å². The SMILES string of the molecule is CC1CC(C)(C)CC(CN)(N(C)C(C)C2CC2)C1. The highest BCUT2D eigenvalue weighted by molar-refractivity contribution is 5.03. The Kier molecular flexibility index (Phi) is 3.81. The van der Waals surface area contributed by atoms with Crippen LogP contribution in [0.3, 0.4) is 0 Å². The minimum Gasteiger partial charge on any atom is -0.329 e. The molecule has 0 spiro atoms. The summed E-state index contributed by atoms with van der Waals surface area (Å²) in [7, 11) is 2.32. The van der Waals surface area contributed by atoms with Crippen LogP contribution in [-0.4, -0.2) is 30.1 Å². The van der Waals surface area contributed by atoms with E-state index in [2.05, 4.69) is 39.6 Å². The molecule has 3 atom stereocenters. The lowest BCUT2D eigenvalue weighted by molar-refractivity contribution is -0.0206. The predicted octanol–water partition coefficient (Wildman–Crippen LogP) is 3.26. The number of nitrogens with zero attached hydrogens (tertiary/aromatic N) is 1. The highest BCUT2D eigenvalue weighted by Gasteiger charge is 2.47. The molecule has 0 heterocycles. The minimum atomic E-state index is 0.239. The molecule has 2 nitrogen and oxygen atoms in total. The largest absolute Gasteiger partial charge is 0.329 e. The second kappa shape index (κ2) is 4.79. The molecule has 2 fully saturated rings. The van der Waals surface area contributed by atoms with Gasteiger partial charge in [-0.15, -0.1) is 0 Å². The van der Waals surface area contributed by atoms with Crippen molar-refractivity contribution in [3.8, 4) is 0 Å². The molecule has 0 saturated heterocycles. The fraction of sp³-hybridized carbons (Fsp3) is 1.00. The van der Waals surface area contributed by atoms with Crippen molar-refractivity contribution in [1.82, 2.24) is 4.90 Å². The normalized spacial score (nSPS) is 37.8. The van der Waals surface area contributed by atoms with Gasteiger partial charge in [0.05, 0.1) is 0 Å². The summed E-state index contributed by atoms with van der Waals surface area (Å²) in [4.78, 5) is 2.64. The molecule has 0 radical (unpaired) electrons. The van der Waals surface area contributed by atoms with Crippen LogP contribution < -0.4 is 5.73 Å². The van der Waals surface area contributed by atoms with Gasteiger partial charge in [-0.3, -0.25) is 4.90 Å². The van der Waals surface area contributed by atoms with Crippen LogP contribution >= 0.6 is 0 Å². The summed E-state index contributed by atoms with van der Waals surface area (Å²) >= 11 is 0. The van der Waals surface area contributed by atoms with Gasteiger partial charge in [0.15, 0.2) is 0 Å². The van der Waals surface area contributed by atoms with E-state index in [-0.39, 0.29) is 5.54 Å². The summed E-state index contributed by atoms with van der Waals surface area (Å²) in [5.74, 6) is 1.73. The van der Waals surface area contributed by atoms with Gasteiger partial charge in [-0.1, -0.05) is 20.8 Å². The first kappa shape index (κ1) is 14.3. The van der Waals surface area contributed by atoms with Gasteiger partial charge in [-0.25, -0.2) is 0 Å². The highest BCUT2D eigenvalue weighted by Crippen LogP contribution is 2.48. The van der Waals surface area contributed by atoms with Gasteiger partial charge in [-0.2, -0.15) is 0 Å². The summed E-state index contributed by atoms with van der Waals surface area (Å²) in [6.45, 7) is 10.5. The summed E-state index contributed by atoms with van der Waals surface area (Å²) in [6.07, 6.45) is 6.73. The molecule has 0 aromatic carbocycles. The maximum atomic E-state index is 6.24. The number of rotatable bonds is 4. The first-order chi connectivity index (χ1) is 8.30. The van der Waals surface area contributed by atoms with E-state index in [9.17, 15) is 0 Å². The van der Waals surface area contributed by atoms with Crippen LogP contribution in [0.1, 0.15) is 59.8 Å². The van der Waals surface area contributed by atoms with Crippen molar-refractivity contribution in [1.29, 1.82) is 0 Å². The average Bonchev–Trinajstić information content (AvgIpc) is 3.07. The Morgan fingerprint density at radius 1 is 1.28 bits per heavy atom. The Morgan fingerprint density at radius 3 is 2.33 bits per heavy atom. The molecule has 2 aliphatic rings. The van der Waals surface area contributed by atoms with Gasteiger partial charge in [0.25, 0.3) is 0 Å². The monoisotopic (exact) mass is 252 g/mol. The van der Waals surface area contributed by atoms with Gasteiger partial charge in [0.1, 0.15) is 0 Å². The molecule has 0 aromatic heterocycles. The zero-order valence-corrected chi connectivity index (χ0v) is 13.0. The van der Waals surface area contributed by atoms with E-state index in [0.717, 1.165) is 18.4 Å². The minimum absolute atomic E-state index is 0.239.